The van der Waals surface area contributed by atoms with E-state index in [0.29, 0.717) is 12.8 Å². The summed E-state index contributed by atoms with van der Waals surface area (Å²) in [6.07, 6.45) is 42.7. The number of hydrogen-bond acceptors (Lipinski definition) is 6. The van der Waals surface area contributed by atoms with Crippen molar-refractivity contribution in [3.8, 4) is 0 Å². The van der Waals surface area contributed by atoms with Crippen LogP contribution in [0, 0.1) is 0 Å². The van der Waals surface area contributed by atoms with Gasteiger partial charge in [0.05, 0.1) is 6.10 Å². The Morgan fingerprint density at radius 1 is 0.455 bits per heavy atom. The third kappa shape index (κ3) is 53.5. The maximum atomic E-state index is 12.0. The molecule has 55 heavy (non-hydrogen) atoms. The quantitative estimate of drug-likeness (QED) is 0.0473. The van der Waals surface area contributed by atoms with Crippen LogP contribution in [0.1, 0.15) is 260 Å². The molecule has 0 aliphatic heterocycles. The molecule has 1 unspecified atom stereocenters. The number of rotatable bonds is 39. The van der Waals surface area contributed by atoms with Gasteiger partial charge in [0.25, 0.3) is 0 Å². The van der Waals surface area contributed by atoms with Crippen LogP contribution in [0.15, 0.2) is 0 Å². The van der Waals surface area contributed by atoms with Gasteiger partial charge in [-0.1, -0.05) is 246 Å². The van der Waals surface area contributed by atoms with Gasteiger partial charge in [0.1, 0.15) is 6.72 Å². The lowest BCUT2D eigenvalue weighted by atomic mass is 10.1. The van der Waals surface area contributed by atoms with Gasteiger partial charge in [-0.05, 0) is 12.8 Å². The first-order valence-corrected chi connectivity index (χ1v) is 26.3. The van der Waals surface area contributed by atoms with Crippen LogP contribution in [-0.4, -0.2) is 38.1 Å². The molecule has 0 bridgehead atoms. The highest BCUT2D eigenvalue weighted by Gasteiger charge is 2.17. The molecule has 332 valence electrons. The monoisotopic (exact) mass is 820 g/mol. The molecule has 7 nitrogen and oxygen atoms in total. The number of hydrogen-bond donors (Lipinski definition) is 2. The van der Waals surface area contributed by atoms with Crippen molar-refractivity contribution in [3.63, 3.8) is 0 Å². The molecule has 2 amide bonds. The Morgan fingerprint density at radius 2 is 0.673 bits per heavy atom. The standard InChI is InChI=1S/C20H41N2O5PS.2C13H28/c1-4-6-8-10-12-14-19(23)21-16-18(27-28(25,29)26-3)17-22-20(24)15-13-11-9-7-5-2;2*1-3-5-7-9-11-13-12-10-8-6-4-2/h18H,4-17H2,1-3H3,(H,21,23)(H,22,24)(H,25,29);2*3-13H2,1-2H3/p-1. The normalized spacial score (nSPS) is 12.0. The fourth-order valence-corrected chi connectivity index (χ4v) is 7.22. The summed E-state index contributed by atoms with van der Waals surface area (Å²) >= 11 is 4.79. The van der Waals surface area contributed by atoms with Gasteiger partial charge in [0.2, 0.25) is 11.8 Å². The molecule has 0 aliphatic carbocycles. The molecular weight excluding hydrogens is 724 g/mol. The minimum Gasteiger partial charge on any atom is -0.780 e. The smallest absolute Gasteiger partial charge is 0.220 e. The number of carbonyl (C=O) groups is 2. The topological polar surface area (TPSA) is 99.7 Å². The lowest BCUT2D eigenvalue weighted by Crippen LogP contribution is -2.41. The zero-order valence-corrected chi connectivity index (χ0v) is 39.6. The highest BCUT2D eigenvalue weighted by atomic mass is 32.5. The van der Waals surface area contributed by atoms with Crippen LogP contribution in [-0.2, 0) is 30.4 Å². The molecule has 0 aromatic rings. The largest absolute Gasteiger partial charge is 0.780 e. The van der Waals surface area contributed by atoms with E-state index in [1.54, 1.807) is 0 Å². The van der Waals surface area contributed by atoms with Crippen molar-refractivity contribution in [1.29, 1.82) is 0 Å². The summed E-state index contributed by atoms with van der Waals surface area (Å²) in [5.41, 5.74) is 0. The average Bonchev–Trinajstić information content (AvgIpc) is 3.18. The van der Waals surface area contributed by atoms with Crippen LogP contribution >= 0.6 is 6.72 Å². The molecular formula is C46H96N2O5PS-. The van der Waals surface area contributed by atoms with E-state index in [9.17, 15) is 14.5 Å². The fraction of sp³-hybridized carbons (Fsp3) is 0.957. The first-order chi connectivity index (χ1) is 26.7. The SMILES string of the molecule is CCCCCCCC(=O)NCC(CNC(=O)CCCCCCC)OP([O-])(=S)OC.CCCCCCCCCCCCC.CCCCCCCCCCCCC. The molecule has 0 fully saturated rings. The van der Waals surface area contributed by atoms with Gasteiger partial charge in [-0.2, -0.15) is 0 Å². The van der Waals surface area contributed by atoms with Crippen LogP contribution in [0.2, 0.25) is 0 Å². The Kier molecular flexibility index (Phi) is 53.0. The third-order valence-corrected chi connectivity index (χ3v) is 11.7. The fourth-order valence-electron chi connectivity index (χ4n) is 6.26. The summed E-state index contributed by atoms with van der Waals surface area (Å²) in [5, 5.41) is 5.54. The van der Waals surface area contributed by atoms with E-state index in [0.717, 1.165) is 51.4 Å². The molecule has 0 saturated carbocycles. The Hall–Kier alpha value is -0.530. The Labute approximate surface area is 349 Å². The van der Waals surface area contributed by atoms with Crippen molar-refractivity contribution < 1.29 is 23.5 Å². The number of nitrogens with one attached hydrogen (secondary N) is 2. The van der Waals surface area contributed by atoms with Gasteiger partial charge >= 0.3 is 0 Å². The van der Waals surface area contributed by atoms with E-state index in [1.807, 2.05) is 0 Å². The molecule has 0 heterocycles. The summed E-state index contributed by atoms with van der Waals surface area (Å²) < 4.78 is 10.0. The third-order valence-electron chi connectivity index (χ3n) is 9.98. The molecule has 0 aliphatic rings. The highest BCUT2D eigenvalue weighted by Crippen LogP contribution is 2.38. The molecule has 2 N–H and O–H groups in total. The Bertz CT molecular complexity index is 747. The van der Waals surface area contributed by atoms with Gasteiger partial charge < -0.3 is 24.6 Å². The summed E-state index contributed by atoms with van der Waals surface area (Å²) in [7, 11) is 1.22. The van der Waals surface area contributed by atoms with Gasteiger partial charge in [-0.15, -0.1) is 0 Å². The highest BCUT2D eigenvalue weighted by molar-refractivity contribution is 8.06. The number of unbranched alkanes of at least 4 members (excludes halogenated alkanes) is 28. The lowest BCUT2D eigenvalue weighted by molar-refractivity contribution is -0.208. The molecule has 9 heteroatoms. The van der Waals surface area contributed by atoms with Crippen molar-refractivity contribution in [2.24, 2.45) is 0 Å². The van der Waals surface area contributed by atoms with Crippen molar-refractivity contribution >= 4 is 30.3 Å². The van der Waals surface area contributed by atoms with Crippen LogP contribution in [0.25, 0.3) is 0 Å². The van der Waals surface area contributed by atoms with Crippen LogP contribution in [0.5, 0.6) is 0 Å². The predicted molar refractivity (Wildman–Crippen MR) is 243 cm³/mol. The maximum absolute atomic E-state index is 12.0. The number of carbonyl (C=O) groups excluding carboxylic acids is 2. The first kappa shape index (κ1) is 58.8. The molecule has 0 radical (unpaired) electrons. The van der Waals surface area contributed by atoms with E-state index in [1.165, 1.54) is 161 Å². The van der Waals surface area contributed by atoms with Crippen molar-refractivity contribution in [3.05, 3.63) is 0 Å². The summed E-state index contributed by atoms with van der Waals surface area (Å²) in [6.45, 7) is 10.0. The molecule has 1 atom stereocenters. The Balaban J connectivity index is -0.000000857. The zero-order chi connectivity index (χ0) is 41.5. The molecule has 0 saturated heterocycles. The predicted octanol–water partition coefficient (Wildman–Crippen LogP) is 14.2. The second-order valence-electron chi connectivity index (χ2n) is 15.7. The van der Waals surface area contributed by atoms with Crippen molar-refractivity contribution in [1.82, 2.24) is 10.6 Å². The summed E-state index contributed by atoms with van der Waals surface area (Å²) in [4.78, 5) is 36.0. The van der Waals surface area contributed by atoms with E-state index in [2.05, 4.69) is 52.2 Å². The van der Waals surface area contributed by atoms with E-state index >= 15 is 0 Å². The second kappa shape index (κ2) is 49.6. The molecule has 0 spiro atoms. The van der Waals surface area contributed by atoms with Crippen LogP contribution < -0.4 is 15.5 Å². The molecule has 0 rings (SSSR count). The number of amides is 2. The summed E-state index contributed by atoms with van der Waals surface area (Å²) in [5.74, 6) is -0.178. The van der Waals surface area contributed by atoms with Crippen molar-refractivity contribution in [2.75, 3.05) is 20.2 Å². The Morgan fingerprint density at radius 3 is 0.891 bits per heavy atom. The minimum atomic E-state index is -3.64. The van der Waals surface area contributed by atoms with E-state index in [-0.39, 0.29) is 24.9 Å². The molecule has 0 aromatic carbocycles. The van der Waals surface area contributed by atoms with Gasteiger partial charge in [-0.3, -0.25) is 9.59 Å². The van der Waals surface area contributed by atoms with Crippen LogP contribution in [0.4, 0.5) is 0 Å². The maximum Gasteiger partial charge on any atom is 0.220 e. The van der Waals surface area contributed by atoms with E-state index in [4.69, 9.17) is 20.9 Å². The van der Waals surface area contributed by atoms with E-state index < -0.39 is 12.8 Å². The van der Waals surface area contributed by atoms with Crippen molar-refractivity contribution in [2.45, 2.75) is 266 Å². The summed E-state index contributed by atoms with van der Waals surface area (Å²) in [6, 6.07) is 0. The zero-order valence-electron chi connectivity index (χ0n) is 37.9. The lowest BCUT2D eigenvalue weighted by Gasteiger charge is -2.30. The van der Waals surface area contributed by atoms with Gasteiger partial charge in [0.15, 0.2) is 0 Å². The average molecular weight is 820 g/mol. The van der Waals surface area contributed by atoms with Gasteiger partial charge in [-0.25, -0.2) is 0 Å². The first-order valence-electron chi connectivity index (χ1n) is 23.8. The minimum absolute atomic E-state index is 0.0889. The van der Waals surface area contributed by atoms with Crippen LogP contribution in [0.3, 0.4) is 0 Å². The van der Waals surface area contributed by atoms with Gasteiger partial charge in [0, 0.05) is 33.0 Å². The second-order valence-corrected chi connectivity index (χ2v) is 18.5. The molecule has 0 aromatic heterocycles.